The highest BCUT2D eigenvalue weighted by Crippen LogP contribution is 2.35. The molecule has 3 N–H and O–H groups in total. The summed E-state index contributed by atoms with van der Waals surface area (Å²) < 4.78 is 14.4. The zero-order valence-electron chi connectivity index (χ0n) is 26.8. The van der Waals surface area contributed by atoms with Crippen LogP contribution in [0.25, 0.3) is 0 Å². The number of hydrogen-bond acceptors (Lipinski definition) is 7. The third kappa shape index (κ3) is 8.43. The van der Waals surface area contributed by atoms with Crippen molar-refractivity contribution in [3.8, 4) is 0 Å². The maximum absolute atomic E-state index is 14.4. The lowest BCUT2D eigenvalue weighted by molar-refractivity contribution is 0.0735. The van der Waals surface area contributed by atoms with Gasteiger partial charge in [-0.3, -0.25) is 14.6 Å². The number of aliphatic hydroxyl groups excluding tert-OH is 1. The molecule has 242 valence electrons. The summed E-state index contributed by atoms with van der Waals surface area (Å²) in [5, 5.41) is 20.5. The average molecular weight is 644 g/mol. The Balaban J connectivity index is 1.29. The molecule has 2 aromatic heterocycles. The van der Waals surface area contributed by atoms with Gasteiger partial charge < -0.3 is 20.6 Å². The molecule has 0 aliphatic carbocycles. The van der Waals surface area contributed by atoms with Gasteiger partial charge in [0, 0.05) is 59.8 Å². The zero-order chi connectivity index (χ0) is 32.8. The summed E-state index contributed by atoms with van der Waals surface area (Å²) in [6, 6.07) is 16.0. The van der Waals surface area contributed by atoms with Crippen LogP contribution in [0.15, 0.2) is 72.4 Å². The number of aliphatic hydroxyl groups is 1. The van der Waals surface area contributed by atoms with Gasteiger partial charge >= 0.3 is 0 Å². The van der Waals surface area contributed by atoms with Crippen LogP contribution >= 0.6 is 11.3 Å². The van der Waals surface area contributed by atoms with Crippen molar-refractivity contribution in [3.05, 3.63) is 116 Å². The maximum atomic E-state index is 14.4. The molecule has 0 saturated carbocycles. The maximum Gasteiger partial charge on any atom is 0.254 e. The number of pyridine rings is 1. The lowest BCUT2D eigenvalue weighted by Gasteiger charge is -2.26. The number of nitrogens with one attached hydrogen (secondary N) is 2. The van der Waals surface area contributed by atoms with E-state index in [1.54, 1.807) is 35.7 Å². The van der Waals surface area contributed by atoms with E-state index in [0.29, 0.717) is 36.2 Å². The third-order valence-electron chi connectivity index (χ3n) is 8.27. The zero-order valence-corrected chi connectivity index (χ0v) is 27.6. The van der Waals surface area contributed by atoms with E-state index < -0.39 is 17.8 Å². The lowest BCUT2D eigenvalue weighted by Crippen LogP contribution is -2.48. The largest absolute Gasteiger partial charge is 0.390 e. The molecular formula is C36H42FN5O3S. The topological polar surface area (TPSA) is 107 Å². The molecule has 0 radical (unpaired) electrons. The SMILES string of the molecule is Cc1cc(C(=O)N[C@@H](Cc2ccccc2)[C@H](O)CNCc2cncc(C(C)(C)F)c2)cc(C(=O)N2CCC[C@@H]2c2nc(C)cs2)c1. The molecule has 0 unspecified atom stereocenters. The molecule has 3 atom stereocenters. The molecule has 10 heteroatoms. The number of benzene rings is 2. The number of amides is 2. The van der Waals surface area contributed by atoms with Crippen molar-refractivity contribution in [2.24, 2.45) is 0 Å². The van der Waals surface area contributed by atoms with Crippen LogP contribution in [0.2, 0.25) is 0 Å². The molecule has 5 rings (SSSR count). The molecule has 0 bridgehead atoms. The number of alkyl halides is 1. The molecule has 2 amide bonds. The molecule has 0 spiro atoms. The first-order valence-electron chi connectivity index (χ1n) is 15.7. The molecule has 8 nitrogen and oxygen atoms in total. The Morgan fingerprint density at radius 2 is 1.85 bits per heavy atom. The minimum absolute atomic E-state index is 0.0661. The Labute approximate surface area is 274 Å². The van der Waals surface area contributed by atoms with Gasteiger partial charge in [0.05, 0.1) is 18.2 Å². The van der Waals surface area contributed by atoms with Crippen molar-refractivity contribution >= 4 is 23.2 Å². The summed E-state index contributed by atoms with van der Waals surface area (Å²) in [6.07, 6.45) is 4.41. The van der Waals surface area contributed by atoms with Gasteiger partial charge in [0.1, 0.15) is 10.7 Å². The molecule has 1 saturated heterocycles. The second-order valence-corrected chi connectivity index (χ2v) is 13.5. The number of aromatic nitrogens is 2. The second-order valence-electron chi connectivity index (χ2n) is 12.6. The van der Waals surface area contributed by atoms with Crippen LogP contribution in [0.3, 0.4) is 0 Å². The summed E-state index contributed by atoms with van der Waals surface area (Å²) in [6.45, 7) is 8.00. The number of carbonyl (C=O) groups excluding carboxylic acids is 2. The summed E-state index contributed by atoms with van der Waals surface area (Å²) in [4.78, 5) is 38.1. The van der Waals surface area contributed by atoms with Gasteiger partial charge in [-0.05, 0) is 87.9 Å². The lowest BCUT2D eigenvalue weighted by atomic mass is 9.99. The van der Waals surface area contributed by atoms with Gasteiger partial charge in [-0.15, -0.1) is 11.3 Å². The van der Waals surface area contributed by atoms with Crippen LogP contribution in [-0.4, -0.2) is 57.0 Å². The summed E-state index contributed by atoms with van der Waals surface area (Å²) in [7, 11) is 0. The number of nitrogens with zero attached hydrogens (tertiary/aromatic N) is 3. The van der Waals surface area contributed by atoms with Crippen LogP contribution in [0, 0.1) is 13.8 Å². The average Bonchev–Trinajstić information content (AvgIpc) is 3.69. The normalized spacial score (nSPS) is 16.3. The van der Waals surface area contributed by atoms with Crippen molar-refractivity contribution in [2.75, 3.05) is 13.1 Å². The molecule has 1 fully saturated rings. The van der Waals surface area contributed by atoms with E-state index in [1.165, 1.54) is 20.0 Å². The van der Waals surface area contributed by atoms with E-state index in [4.69, 9.17) is 0 Å². The van der Waals surface area contributed by atoms with Gasteiger partial charge in [0.15, 0.2) is 0 Å². The van der Waals surface area contributed by atoms with Crippen LogP contribution in [-0.2, 0) is 18.6 Å². The van der Waals surface area contributed by atoms with Gasteiger partial charge in [0.25, 0.3) is 11.8 Å². The summed E-state index contributed by atoms with van der Waals surface area (Å²) in [5.74, 6) is -0.485. The third-order valence-corrected chi connectivity index (χ3v) is 9.33. The molecule has 4 aromatic rings. The predicted molar refractivity (Wildman–Crippen MR) is 179 cm³/mol. The first kappa shape index (κ1) is 33.4. The van der Waals surface area contributed by atoms with Crippen molar-refractivity contribution in [1.82, 2.24) is 25.5 Å². The van der Waals surface area contributed by atoms with E-state index in [0.717, 1.165) is 40.2 Å². The van der Waals surface area contributed by atoms with Gasteiger partial charge in [-0.2, -0.15) is 0 Å². The standard InChI is InChI=1S/C36H42FN5O3S/c1-23-13-27(17-28(14-23)35(45)42-12-8-11-31(42)34-40-24(2)22-46-34)33(44)41-30(16-25-9-6-5-7-10-25)32(43)21-39-19-26-15-29(20-38-18-26)36(3,4)37/h5-7,9-10,13-15,17-18,20,22,30-32,39,43H,8,11-12,16,19,21H2,1-4H3,(H,41,44)/t30-,31+,32+/m0/s1. The van der Waals surface area contributed by atoms with Crippen molar-refractivity contribution in [3.63, 3.8) is 0 Å². The summed E-state index contributed by atoms with van der Waals surface area (Å²) in [5.41, 5.74) is 3.29. The molecule has 2 aromatic carbocycles. The quantitative estimate of drug-likeness (QED) is 0.179. The van der Waals surface area contributed by atoms with E-state index >= 15 is 0 Å². The fourth-order valence-corrected chi connectivity index (χ4v) is 6.76. The number of carbonyl (C=O) groups is 2. The minimum atomic E-state index is -1.51. The summed E-state index contributed by atoms with van der Waals surface area (Å²) >= 11 is 1.57. The number of thiazole rings is 1. The predicted octanol–water partition coefficient (Wildman–Crippen LogP) is 5.83. The van der Waals surface area contributed by atoms with E-state index in [1.807, 2.05) is 60.5 Å². The number of aryl methyl sites for hydroxylation is 2. The fraction of sp³-hybridized carbons (Fsp3) is 0.389. The molecule has 1 aliphatic rings. The fourth-order valence-electron chi connectivity index (χ4n) is 5.81. The molecule has 3 heterocycles. The first-order chi connectivity index (χ1) is 22.0. The molecular weight excluding hydrogens is 601 g/mol. The highest BCUT2D eigenvalue weighted by Gasteiger charge is 2.33. The van der Waals surface area contributed by atoms with Gasteiger partial charge in [-0.25, -0.2) is 9.37 Å². The Hall–Kier alpha value is -3.99. The number of hydrogen-bond donors (Lipinski definition) is 3. The minimum Gasteiger partial charge on any atom is -0.390 e. The number of rotatable bonds is 12. The van der Waals surface area contributed by atoms with Crippen LogP contribution in [0.5, 0.6) is 0 Å². The van der Waals surface area contributed by atoms with Crippen molar-refractivity contribution in [1.29, 1.82) is 0 Å². The van der Waals surface area contributed by atoms with Crippen LogP contribution in [0.1, 0.15) is 86.4 Å². The van der Waals surface area contributed by atoms with Crippen LogP contribution in [0.4, 0.5) is 4.39 Å². The van der Waals surface area contributed by atoms with Gasteiger partial charge in [0.2, 0.25) is 0 Å². The van der Waals surface area contributed by atoms with Gasteiger partial charge in [-0.1, -0.05) is 30.3 Å². The molecule has 46 heavy (non-hydrogen) atoms. The van der Waals surface area contributed by atoms with Crippen molar-refractivity contribution in [2.45, 2.75) is 77.4 Å². The highest BCUT2D eigenvalue weighted by atomic mass is 32.1. The van der Waals surface area contributed by atoms with E-state index in [9.17, 15) is 19.1 Å². The Morgan fingerprint density at radius 1 is 1.09 bits per heavy atom. The Bertz CT molecular complexity index is 1650. The highest BCUT2D eigenvalue weighted by molar-refractivity contribution is 7.09. The first-order valence-corrected chi connectivity index (χ1v) is 16.6. The van der Waals surface area contributed by atoms with Crippen LogP contribution < -0.4 is 10.6 Å². The number of likely N-dealkylation sites (tertiary alicyclic amines) is 1. The second kappa shape index (κ2) is 14.6. The number of halogens is 1. The van der Waals surface area contributed by atoms with E-state index in [-0.39, 0.29) is 24.4 Å². The van der Waals surface area contributed by atoms with Crippen molar-refractivity contribution < 1.29 is 19.1 Å². The molecule has 1 aliphatic heterocycles. The Morgan fingerprint density at radius 3 is 2.57 bits per heavy atom. The monoisotopic (exact) mass is 643 g/mol. The van der Waals surface area contributed by atoms with E-state index in [2.05, 4.69) is 20.6 Å². The smallest absolute Gasteiger partial charge is 0.254 e. The Kier molecular flexibility index (Phi) is 10.6.